The van der Waals surface area contributed by atoms with E-state index in [0.29, 0.717) is 43.2 Å². The van der Waals surface area contributed by atoms with Crippen molar-refractivity contribution in [2.75, 3.05) is 45.4 Å². The number of hydrogen-bond donors (Lipinski definition) is 2. The Bertz CT molecular complexity index is 1210. The number of unbranched alkanes of at least 4 members (excludes halogenated alkanes) is 1. The van der Waals surface area contributed by atoms with Gasteiger partial charge in [-0.25, -0.2) is 15.1 Å². The second-order valence-electron chi connectivity index (χ2n) is 9.33. The average molecular weight is 536 g/mol. The third-order valence-corrected chi connectivity index (χ3v) is 6.66. The number of nitrogens with one attached hydrogen (secondary N) is 2. The number of anilines is 1. The fourth-order valence-electron chi connectivity index (χ4n) is 4.15. The molecule has 210 valence electrons. The summed E-state index contributed by atoms with van der Waals surface area (Å²) in [4.78, 5) is 33.2. The van der Waals surface area contributed by atoms with E-state index in [2.05, 4.69) is 60.7 Å². The SMILES string of the molecule is CCCCOc1cc(C(=O)OCCN(CC)CC)ccc1NOC(=O)[C@@H](Cc1ccc2ccccc2c1)NC. The maximum atomic E-state index is 12.9. The fraction of sp³-hybridized carbons (Fsp3) is 0.419. The van der Waals surface area contributed by atoms with Gasteiger partial charge in [0.15, 0.2) is 0 Å². The monoisotopic (exact) mass is 535 g/mol. The summed E-state index contributed by atoms with van der Waals surface area (Å²) in [5, 5.41) is 5.31. The molecule has 0 bridgehead atoms. The molecule has 3 aromatic rings. The molecule has 0 aliphatic carbocycles. The molecule has 0 aliphatic rings. The van der Waals surface area contributed by atoms with Crippen LogP contribution in [0.4, 0.5) is 5.69 Å². The first kappa shape index (κ1) is 29.9. The molecule has 39 heavy (non-hydrogen) atoms. The summed E-state index contributed by atoms with van der Waals surface area (Å²) in [6, 6.07) is 18.6. The van der Waals surface area contributed by atoms with Crippen molar-refractivity contribution in [3.8, 4) is 5.75 Å². The molecule has 3 rings (SSSR count). The van der Waals surface area contributed by atoms with Crippen LogP contribution in [-0.2, 0) is 20.8 Å². The predicted octanol–water partition coefficient (Wildman–Crippen LogP) is 5.22. The lowest BCUT2D eigenvalue weighted by Crippen LogP contribution is -2.38. The summed E-state index contributed by atoms with van der Waals surface area (Å²) in [6.45, 7) is 9.49. The van der Waals surface area contributed by atoms with Crippen LogP contribution in [0.25, 0.3) is 10.8 Å². The van der Waals surface area contributed by atoms with E-state index < -0.39 is 18.0 Å². The van der Waals surface area contributed by atoms with Gasteiger partial charge in [0.1, 0.15) is 24.1 Å². The first-order valence-corrected chi connectivity index (χ1v) is 13.8. The minimum Gasteiger partial charge on any atom is -0.491 e. The van der Waals surface area contributed by atoms with Crippen LogP contribution in [0.5, 0.6) is 5.75 Å². The van der Waals surface area contributed by atoms with Crippen LogP contribution in [-0.4, -0.2) is 62.8 Å². The number of carbonyl (C=O) groups excluding carboxylic acids is 2. The zero-order valence-corrected chi connectivity index (χ0v) is 23.5. The summed E-state index contributed by atoms with van der Waals surface area (Å²) < 4.78 is 11.4. The largest absolute Gasteiger partial charge is 0.491 e. The van der Waals surface area contributed by atoms with Gasteiger partial charge in [-0.15, -0.1) is 0 Å². The lowest BCUT2D eigenvalue weighted by atomic mass is 10.0. The molecule has 0 heterocycles. The van der Waals surface area contributed by atoms with Crippen LogP contribution in [0.2, 0.25) is 0 Å². The van der Waals surface area contributed by atoms with E-state index in [9.17, 15) is 9.59 Å². The molecule has 8 nitrogen and oxygen atoms in total. The van der Waals surface area contributed by atoms with Gasteiger partial charge < -0.3 is 24.5 Å². The minimum atomic E-state index is -0.553. The van der Waals surface area contributed by atoms with Gasteiger partial charge in [0, 0.05) is 6.54 Å². The number of fused-ring (bicyclic) bond motifs is 1. The van der Waals surface area contributed by atoms with Gasteiger partial charge in [0.25, 0.3) is 0 Å². The summed E-state index contributed by atoms with van der Waals surface area (Å²) in [5.74, 6) is -0.452. The highest BCUT2D eigenvalue weighted by molar-refractivity contribution is 5.91. The highest BCUT2D eigenvalue weighted by atomic mass is 16.7. The molecule has 0 aliphatic heterocycles. The van der Waals surface area contributed by atoms with Gasteiger partial charge >= 0.3 is 11.9 Å². The number of rotatable bonds is 16. The number of ether oxygens (including phenoxy) is 2. The van der Waals surface area contributed by atoms with Crippen molar-refractivity contribution in [1.29, 1.82) is 0 Å². The Morgan fingerprint density at radius 1 is 0.923 bits per heavy atom. The maximum absolute atomic E-state index is 12.9. The standard InChI is InChI=1S/C31H41N3O5/c1-5-8-18-37-29-22-26(30(35)38-19-17-34(6-2)7-3)15-16-27(29)33-39-31(36)28(32-4)21-23-13-14-24-11-9-10-12-25(24)20-23/h9-16,20,22,28,32-33H,5-8,17-19,21H2,1-4H3/t28-/m1/s1. The third-order valence-electron chi connectivity index (χ3n) is 6.66. The average Bonchev–Trinajstić information content (AvgIpc) is 2.97. The van der Waals surface area contributed by atoms with E-state index in [0.717, 1.165) is 42.3 Å². The number of carbonyl (C=O) groups is 2. The smallest absolute Gasteiger partial charge is 0.349 e. The number of likely N-dealkylation sites (N-methyl/N-ethyl adjacent to an activating group) is 2. The van der Waals surface area contributed by atoms with Crippen molar-refractivity contribution in [2.24, 2.45) is 0 Å². The fourth-order valence-corrected chi connectivity index (χ4v) is 4.15. The molecule has 0 saturated heterocycles. The molecule has 0 unspecified atom stereocenters. The van der Waals surface area contributed by atoms with Crippen LogP contribution in [0.15, 0.2) is 60.7 Å². The van der Waals surface area contributed by atoms with Gasteiger partial charge in [0.2, 0.25) is 0 Å². The van der Waals surface area contributed by atoms with E-state index in [1.165, 1.54) is 0 Å². The Balaban J connectivity index is 1.64. The molecular formula is C31H41N3O5. The van der Waals surface area contributed by atoms with Gasteiger partial charge in [-0.3, -0.25) is 0 Å². The van der Waals surface area contributed by atoms with E-state index in [-0.39, 0.29) is 0 Å². The quantitative estimate of drug-likeness (QED) is 0.147. The second kappa shape index (κ2) is 15.7. The Morgan fingerprint density at radius 3 is 2.41 bits per heavy atom. The van der Waals surface area contributed by atoms with Crippen molar-refractivity contribution >= 4 is 28.4 Å². The topological polar surface area (TPSA) is 89.1 Å². The molecule has 1 atom stereocenters. The summed E-state index contributed by atoms with van der Waals surface area (Å²) in [5.41, 5.74) is 4.60. The van der Waals surface area contributed by atoms with Crippen molar-refractivity contribution in [2.45, 2.75) is 46.1 Å². The van der Waals surface area contributed by atoms with Crippen LogP contribution < -0.4 is 15.5 Å². The number of nitrogens with zero attached hydrogens (tertiary/aromatic N) is 1. The first-order chi connectivity index (χ1) is 19.0. The molecule has 0 amide bonds. The number of benzene rings is 3. The summed E-state index contributed by atoms with van der Waals surface area (Å²) in [7, 11) is 1.73. The lowest BCUT2D eigenvalue weighted by molar-refractivity contribution is -0.143. The van der Waals surface area contributed by atoms with Crippen molar-refractivity contribution in [3.05, 3.63) is 71.8 Å². The molecule has 8 heteroatoms. The van der Waals surface area contributed by atoms with Gasteiger partial charge in [-0.05, 0) is 67.5 Å². The zero-order valence-electron chi connectivity index (χ0n) is 23.5. The van der Waals surface area contributed by atoms with Gasteiger partial charge in [0.05, 0.1) is 12.2 Å². The molecule has 0 aromatic heterocycles. The third kappa shape index (κ3) is 8.97. The van der Waals surface area contributed by atoms with Crippen molar-refractivity contribution in [3.63, 3.8) is 0 Å². The summed E-state index contributed by atoms with van der Waals surface area (Å²) in [6.07, 6.45) is 2.29. The number of hydrogen-bond acceptors (Lipinski definition) is 8. The minimum absolute atomic E-state index is 0.312. The van der Waals surface area contributed by atoms with Gasteiger partial charge in [-0.1, -0.05) is 69.7 Å². The van der Waals surface area contributed by atoms with Crippen LogP contribution in [0.3, 0.4) is 0 Å². The molecule has 0 fully saturated rings. The molecule has 2 N–H and O–H groups in total. The molecular weight excluding hydrogens is 494 g/mol. The second-order valence-corrected chi connectivity index (χ2v) is 9.33. The van der Waals surface area contributed by atoms with Crippen molar-refractivity contribution < 1.29 is 23.9 Å². The van der Waals surface area contributed by atoms with E-state index in [1.807, 2.05) is 18.2 Å². The van der Waals surface area contributed by atoms with Gasteiger partial charge in [-0.2, -0.15) is 0 Å². The zero-order chi connectivity index (χ0) is 28.0. The molecule has 0 spiro atoms. The lowest BCUT2D eigenvalue weighted by Gasteiger charge is -2.18. The highest BCUT2D eigenvalue weighted by Crippen LogP contribution is 2.27. The van der Waals surface area contributed by atoms with Crippen LogP contribution >= 0.6 is 0 Å². The van der Waals surface area contributed by atoms with E-state index in [4.69, 9.17) is 14.3 Å². The Hall–Kier alpha value is -3.62. The summed E-state index contributed by atoms with van der Waals surface area (Å²) >= 11 is 0. The highest BCUT2D eigenvalue weighted by Gasteiger charge is 2.21. The van der Waals surface area contributed by atoms with E-state index in [1.54, 1.807) is 25.2 Å². The van der Waals surface area contributed by atoms with Crippen LogP contribution in [0.1, 0.15) is 49.5 Å². The van der Waals surface area contributed by atoms with Crippen LogP contribution in [0, 0.1) is 0 Å². The van der Waals surface area contributed by atoms with E-state index >= 15 is 0 Å². The normalized spacial score (nSPS) is 11.8. The van der Waals surface area contributed by atoms with Crippen molar-refractivity contribution in [1.82, 2.24) is 10.2 Å². The predicted molar refractivity (Wildman–Crippen MR) is 155 cm³/mol. The number of esters is 1. The molecule has 0 saturated carbocycles. The Morgan fingerprint density at radius 2 is 1.69 bits per heavy atom. The molecule has 3 aromatic carbocycles. The first-order valence-electron chi connectivity index (χ1n) is 13.8. The molecule has 0 radical (unpaired) electrons. The Labute approximate surface area is 231 Å². The Kier molecular flexibility index (Phi) is 12.1. The maximum Gasteiger partial charge on any atom is 0.349 e.